The molecule has 2 atom stereocenters. The predicted octanol–water partition coefficient (Wildman–Crippen LogP) is 4.17. The van der Waals surface area contributed by atoms with Gasteiger partial charge in [-0.2, -0.15) is 0 Å². The Balaban J connectivity index is 1.39. The van der Waals surface area contributed by atoms with Gasteiger partial charge in [-0.1, -0.05) is 24.3 Å². The van der Waals surface area contributed by atoms with E-state index in [1.807, 2.05) is 0 Å². The van der Waals surface area contributed by atoms with Crippen LogP contribution < -0.4 is 9.47 Å². The maximum Gasteiger partial charge on any atom is 0.119 e. The first-order chi connectivity index (χ1) is 14.4. The van der Waals surface area contributed by atoms with Gasteiger partial charge in [0.05, 0.1) is 39.6 Å². The molecule has 0 aromatic heterocycles. The van der Waals surface area contributed by atoms with Crippen molar-refractivity contribution in [2.24, 2.45) is 0 Å². The van der Waals surface area contributed by atoms with Gasteiger partial charge in [0.1, 0.15) is 24.7 Å². The average Bonchev–Trinajstić information content (AvgIpc) is 2.72. The first kappa shape index (κ1) is 20.2. The second-order valence-corrected chi connectivity index (χ2v) is 7.46. The highest BCUT2D eigenvalue weighted by Crippen LogP contribution is 2.49. The fraction of sp³-hybridized carbons (Fsp3) is 0.500. The zero-order valence-corrected chi connectivity index (χ0v) is 16.9. The monoisotopic (exact) mass is 398 g/mol. The molecule has 5 nitrogen and oxygen atoms in total. The smallest absolute Gasteiger partial charge is 0.119 e. The molecule has 156 valence electrons. The number of ether oxygens (including phenoxy) is 5. The number of fused-ring (bicyclic) bond motifs is 2. The quantitative estimate of drug-likeness (QED) is 0.667. The zero-order chi connectivity index (χ0) is 19.7. The second-order valence-electron chi connectivity index (χ2n) is 7.46. The highest BCUT2D eigenvalue weighted by atomic mass is 16.6. The molecule has 3 aliphatic heterocycles. The normalized spacial score (nSPS) is 24.0. The molecule has 1 aliphatic carbocycles. The van der Waals surface area contributed by atoms with Crippen molar-refractivity contribution in [1.82, 2.24) is 0 Å². The van der Waals surface area contributed by atoms with Crippen molar-refractivity contribution in [3.8, 4) is 11.5 Å². The lowest BCUT2D eigenvalue weighted by molar-refractivity contribution is 0.00499. The zero-order valence-electron chi connectivity index (χ0n) is 16.9. The van der Waals surface area contributed by atoms with Crippen LogP contribution in [0.15, 0.2) is 48.5 Å². The van der Waals surface area contributed by atoms with Crippen molar-refractivity contribution in [1.29, 1.82) is 0 Å². The van der Waals surface area contributed by atoms with E-state index in [1.54, 1.807) is 0 Å². The van der Waals surface area contributed by atoms with Crippen LogP contribution in [0, 0.1) is 0 Å². The third-order valence-corrected chi connectivity index (χ3v) is 5.63. The van der Waals surface area contributed by atoms with Gasteiger partial charge in [-0.05, 0) is 60.1 Å². The van der Waals surface area contributed by atoms with Gasteiger partial charge >= 0.3 is 0 Å². The Bertz CT molecular complexity index is 664. The fourth-order valence-electron chi connectivity index (χ4n) is 3.90. The van der Waals surface area contributed by atoms with E-state index in [4.69, 9.17) is 23.7 Å². The van der Waals surface area contributed by atoms with Crippen molar-refractivity contribution >= 4 is 0 Å². The maximum absolute atomic E-state index is 5.78. The molecule has 6 rings (SSSR count). The Morgan fingerprint density at radius 2 is 0.793 bits per heavy atom. The van der Waals surface area contributed by atoms with E-state index in [1.165, 1.54) is 24.0 Å². The Morgan fingerprint density at radius 1 is 0.448 bits per heavy atom. The minimum atomic E-state index is 0.543. The maximum atomic E-state index is 5.78. The number of benzene rings is 2. The van der Waals surface area contributed by atoms with Crippen LogP contribution in [-0.4, -0.2) is 52.9 Å². The molecule has 0 amide bonds. The molecule has 0 N–H and O–H groups in total. The van der Waals surface area contributed by atoms with E-state index in [2.05, 4.69) is 48.5 Å². The summed E-state index contributed by atoms with van der Waals surface area (Å²) in [7, 11) is 0. The highest BCUT2D eigenvalue weighted by Gasteiger charge is 2.33. The molecule has 0 spiro atoms. The number of rotatable bonds is 0. The Hall–Kier alpha value is -2.08. The SMILES string of the molecule is c1cc2ccc1OCCOCCOCCOCCOc1ccc(cc1)[C@@H]1CC[C@H]21. The third kappa shape index (κ3) is 5.72. The summed E-state index contributed by atoms with van der Waals surface area (Å²) in [6.07, 6.45) is 2.47. The summed E-state index contributed by atoms with van der Waals surface area (Å²) in [5.74, 6) is 2.94. The average molecular weight is 398 g/mol. The van der Waals surface area contributed by atoms with E-state index < -0.39 is 0 Å². The van der Waals surface area contributed by atoms with Crippen molar-refractivity contribution < 1.29 is 23.7 Å². The molecule has 2 aromatic carbocycles. The molecule has 1 saturated carbocycles. The van der Waals surface area contributed by atoms with Crippen LogP contribution in [0.1, 0.15) is 35.8 Å². The van der Waals surface area contributed by atoms with Crippen molar-refractivity contribution in [2.45, 2.75) is 24.7 Å². The molecular formula is C24H30O5. The summed E-state index contributed by atoms with van der Waals surface area (Å²) < 4.78 is 28.1. The standard InChI is InChI=1S/C24H30O5/c1-5-21-6-2-19(1)23-9-10-24(23)20-3-7-22(8-4-20)29-18-16-27-14-12-25-11-13-26-15-17-28-21/h1-8,23-24H,9-18H2/t23-,24+. The van der Waals surface area contributed by atoms with Crippen molar-refractivity contribution in [2.75, 3.05) is 52.9 Å². The molecule has 1 fully saturated rings. The van der Waals surface area contributed by atoms with Gasteiger partial charge in [0.2, 0.25) is 0 Å². The molecule has 3 heterocycles. The predicted molar refractivity (Wildman–Crippen MR) is 111 cm³/mol. The third-order valence-electron chi connectivity index (χ3n) is 5.63. The molecule has 0 radical (unpaired) electrons. The number of hydrogen-bond acceptors (Lipinski definition) is 5. The van der Waals surface area contributed by atoms with Crippen LogP contribution in [0.2, 0.25) is 0 Å². The first-order valence-corrected chi connectivity index (χ1v) is 10.6. The lowest BCUT2D eigenvalue weighted by Gasteiger charge is -2.37. The highest BCUT2D eigenvalue weighted by molar-refractivity contribution is 5.37. The van der Waals surface area contributed by atoms with Gasteiger partial charge in [0.15, 0.2) is 0 Å². The first-order valence-electron chi connectivity index (χ1n) is 10.6. The summed E-state index contributed by atoms with van der Waals surface area (Å²) in [4.78, 5) is 0. The second kappa shape index (κ2) is 10.6. The van der Waals surface area contributed by atoms with Crippen LogP contribution in [0.25, 0.3) is 0 Å². The molecule has 5 heteroatoms. The fourth-order valence-corrected chi connectivity index (χ4v) is 3.90. The molecule has 4 aliphatic rings. The Kier molecular flexibility index (Phi) is 7.40. The van der Waals surface area contributed by atoms with Gasteiger partial charge in [0, 0.05) is 0 Å². The van der Waals surface area contributed by atoms with Gasteiger partial charge < -0.3 is 23.7 Å². The van der Waals surface area contributed by atoms with Gasteiger partial charge in [0.25, 0.3) is 0 Å². The van der Waals surface area contributed by atoms with Crippen LogP contribution >= 0.6 is 0 Å². The van der Waals surface area contributed by atoms with Crippen molar-refractivity contribution in [3.05, 3.63) is 59.7 Å². The summed E-state index contributed by atoms with van der Waals surface area (Å²) in [5.41, 5.74) is 2.77. The number of hydrogen-bond donors (Lipinski definition) is 0. The van der Waals surface area contributed by atoms with Crippen LogP contribution in [0.5, 0.6) is 11.5 Å². The molecular weight excluding hydrogens is 368 g/mol. The summed E-state index contributed by atoms with van der Waals surface area (Å²) in [5, 5.41) is 0. The van der Waals surface area contributed by atoms with E-state index >= 15 is 0 Å². The molecule has 29 heavy (non-hydrogen) atoms. The lowest BCUT2D eigenvalue weighted by atomic mass is 9.67. The lowest BCUT2D eigenvalue weighted by Crippen LogP contribution is -2.21. The van der Waals surface area contributed by atoms with Crippen LogP contribution in [0.4, 0.5) is 0 Å². The Labute approximate surface area is 172 Å². The van der Waals surface area contributed by atoms with Gasteiger partial charge in [-0.25, -0.2) is 0 Å². The van der Waals surface area contributed by atoms with E-state index in [9.17, 15) is 0 Å². The van der Waals surface area contributed by atoms with Gasteiger partial charge in [-0.3, -0.25) is 0 Å². The van der Waals surface area contributed by atoms with E-state index in [0.29, 0.717) is 64.7 Å². The van der Waals surface area contributed by atoms with Crippen LogP contribution in [0.3, 0.4) is 0 Å². The minimum absolute atomic E-state index is 0.543. The molecule has 2 aromatic rings. The minimum Gasteiger partial charge on any atom is -0.491 e. The van der Waals surface area contributed by atoms with E-state index in [0.717, 1.165) is 11.5 Å². The molecule has 0 unspecified atom stereocenters. The largest absolute Gasteiger partial charge is 0.491 e. The van der Waals surface area contributed by atoms with Crippen LogP contribution in [-0.2, 0) is 14.2 Å². The molecule has 4 bridgehead atoms. The van der Waals surface area contributed by atoms with Crippen molar-refractivity contribution in [3.63, 3.8) is 0 Å². The summed E-state index contributed by atoms with van der Waals surface area (Å²) in [6, 6.07) is 17.1. The topological polar surface area (TPSA) is 46.2 Å². The molecule has 0 saturated heterocycles. The summed E-state index contributed by atoms with van der Waals surface area (Å²) >= 11 is 0. The van der Waals surface area contributed by atoms with Gasteiger partial charge in [-0.15, -0.1) is 0 Å². The van der Waals surface area contributed by atoms with E-state index in [-0.39, 0.29) is 0 Å². The Morgan fingerprint density at radius 3 is 1.14 bits per heavy atom. The summed E-state index contributed by atoms with van der Waals surface area (Å²) in [6.45, 7) is 4.43.